The maximum absolute atomic E-state index is 13.5. The highest BCUT2D eigenvalue weighted by Crippen LogP contribution is 2.17. The van der Waals surface area contributed by atoms with Crippen molar-refractivity contribution < 1.29 is 13.9 Å². The smallest absolute Gasteiger partial charge is 0.147 e. The first-order valence-electron chi connectivity index (χ1n) is 5.22. The topological polar surface area (TPSA) is 42.4 Å². The van der Waals surface area contributed by atoms with E-state index in [1.54, 1.807) is 6.20 Å². The summed E-state index contributed by atoms with van der Waals surface area (Å²) < 4.78 is 18.7. The van der Waals surface area contributed by atoms with Crippen molar-refractivity contribution in [2.45, 2.75) is 6.42 Å². The van der Waals surface area contributed by atoms with Gasteiger partial charge in [-0.1, -0.05) is 0 Å². The minimum absolute atomic E-state index is 0.0230. The molecule has 0 atom stereocenters. The van der Waals surface area contributed by atoms with Crippen molar-refractivity contribution in [2.24, 2.45) is 0 Å². The van der Waals surface area contributed by atoms with Gasteiger partial charge in [-0.3, -0.25) is 4.98 Å². The third-order valence-corrected chi connectivity index (χ3v) is 2.56. The van der Waals surface area contributed by atoms with Gasteiger partial charge in [0.15, 0.2) is 0 Å². The second kappa shape index (κ2) is 5.03. The first-order chi connectivity index (χ1) is 7.81. The lowest BCUT2D eigenvalue weighted by Crippen LogP contribution is -2.36. The average molecular weight is 224 g/mol. The minimum Gasteiger partial charge on any atom is -0.378 e. The number of halogens is 1. The van der Waals surface area contributed by atoms with E-state index in [1.165, 1.54) is 6.07 Å². The Balaban J connectivity index is 2.16. The molecular weight excluding hydrogens is 211 g/mol. The predicted octanol–water partition coefficient (Wildman–Crippen LogP) is 0.799. The van der Waals surface area contributed by atoms with Crippen LogP contribution in [-0.4, -0.2) is 37.6 Å². The molecule has 0 bridgehead atoms. The molecule has 1 aliphatic rings. The molecule has 4 nitrogen and oxygen atoms in total. The van der Waals surface area contributed by atoms with Crippen LogP contribution in [0.2, 0.25) is 0 Å². The quantitative estimate of drug-likeness (QED) is 0.712. The third-order valence-electron chi connectivity index (χ3n) is 2.56. The van der Waals surface area contributed by atoms with Crippen LogP contribution in [0.25, 0.3) is 0 Å². The lowest BCUT2D eigenvalue weighted by atomic mass is 10.2. The Labute approximate surface area is 93.0 Å². The Bertz CT molecular complexity index is 378. The molecule has 0 aromatic carbocycles. The fourth-order valence-corrected chi connectivity index (χ4v) is 1.68. The molecule has 0 spiro atoms. The number of carbonyl (C=O) groups is 1. The monoisotopic (exact) mass is 224 g/mol. The van der Waals surface area contributed by atoms with E-state index in [-0.39, 0.29) is 12.1 Å². The summed E-state index contributed by atoms with van der Waals surface area (Å²) in [5.74, 6) is -0.420. The SMILES string of the molecule is O=CCc1ncc(N2CCOCC2)cc1F. The van der Waals surface area contributed by atoms with E-state index in [2.05, 4.69) is 4.98 Å². The van der Waals surface area contributed by atoms with Crippen molar-refractivity contribution >= 4 is 12.0 Å². The summed E-state index contributed by atoms with van der Waals surface area (Å²) in [4.78, 5) is 16.3. The van der Waals surface area contributed by atoms with E-state index in [9.17, 15) is 9.18 Å². The van der Waals surface area contributed by atoms with E-state index < -0.39 is 5.82 Å². The summed E-state index contributed by atoms with van der Waals surface area (Å²) in [5.41, 5.74) is 0.947. The van der Waals surface area contributed by atoms with Crippen LogP contribution in [-0.2, 0) is 16.0 Å². The maximum Gasteiger partial charge on any atom is 0.147 e. The molecule has 1 saturated heterocycles. The largest absolute Gasteiger partial charge is 0.378 e. The summed E-state index contributed by atoms with van der Waals surface area (Å²) in [6.45, 7) is 2.79. The Hall–Kier alpha value is -1.49. The second-order valence-electron chi connectivity index (χ2n) is 3.59. The van der Waals surface area contributed by atoms with Crippen LogP contribution in [0.15, 0.2) is 12.3 Å². The molecule has 0 unspecified atom stereocenters. The van der Waals surface area contributed by atoms with E-state index in [0.29, 0.717) is 19.5 Å². The number of aromatic nitrogens is 1. The average Bonchev–Trinajstić information content (AvgIpc) is 2.33. The number of carbonyl (C=O) groups excluding carboxylic acids is 1. The molecule has 0 radical (unpaired) electrons. The number of nitrogens with zero attached hydrogens (tertiary/aromatic N) is 2. The Kier molecular flexibility index (Phi) is 3.46. The van der Waals surface area contributed by atoms with E-state index in [1.807, 2.05) is 4.90 Å². The van der Waals surface area contributed by atoms with Crippen molar-refractivity contribution in [1.29, 1.82) is 0 Å². The number of hydrogen-bond acceptors (Lipinski definition) is 4. The van der Waals surface area contributed by atoms with Crippen molar-refractivity contribution in [3.63, 3.8) is 0 Å². The Morgan fingerprint density at radius 1 is 1.50 bits per heavy atom. The summed E-state index contributed by atoms with van der Waals surface area (Å²) in [6, 6.07) is 1.43. The van der Waals surface area contributed by atoms with Crippen LogP contribution in [0.4, 0.5) is 10.1 Å². The highest BCUT2D eigenvalue weighted by molar-refractivity contribution is 5.55. The van der Waals surface area contributed by atoms with Gasteiger partial charge in [-0.2, -0.15) is 0 Å². The molecule has 1 aromatic rings. The van der Waals surface area contributed by atoms with Crippen LogP contribution >= 0.6 is 0 Å². The van der Waals surface area contributed by atoms with E-state index in [4.69, 9.17) is 4.74 Å². The number of hydrogen-bond donors (Lipinski definition) is 0. The van der Waals surface area contributed by atoms with Gasteiger partial charge in [0.25, 0.3) is 0 Å². The van der Waals surface area contributed by atoms with Crippen LogP contribution < -0.4 is 4.90 Å². The molecule has 0 saturated carbocycles. The number of rotatable bonds is 3. The van der Waals surface area contributed by atoms with Gasteiger partial charge in [0, 0.05) is 25.6 Å². The predicted molar refractivity (Wildman–Crippen MR) is 57.0 cm³/mol. The zero-order valence-electron chi connectivity index (χ0n) is 8.86. The molecular formula is C11H13FN2O2. The Morgan fingerprint density at radius 3 is 2.88 bits per heavy atom. The molecule has 5 heteroatoms. The van der Waals surface area contributed by atoms with Gasteiger partial charge in [0.2, 0.25) is 0 Å². The van der Waals surface area contributed by atoms with Gasteiger partial charge in [-0.05, 0) is 0 Å². The molecule has 2 heterocycles. The van der Waals surface area contributed by atoms with Gasteiger partial charge in [-0.25, -0.2) is 4.39 Å². The molecule has 0 amide bonds. The first kappa shape index (κ1) is 11.0. The van der Waals surface area contributed by atoms with Gasteiger partial charge in [0.05, 0.1) is 30.8 Å². The molecule has 1 aliphatic heterocycles. The third kappa shape index (κ3) is 2.36. The molecule has 2 rings (SSSR count). The molecule has 0 N–H and O–H groups in total. The van der Waals surface area contributed by atoms with Gasteiger partial charge < -0.3 is 14.4 Å². The summed E-state index contributed by atoms with van der Waals surface area (Å²) in [5, 5.41) is 0. The molecule has 0 aliphatic carbocycles. The number of morpholine rings is 1. The van der Waals surface area contributed by atoms with Crippen molar-refractivity contribution in [3.8, 4) is 0 Å². The van der Waals surface area contributed by atoms with Crippen LogP contribution in [0.5, 0.6) is 0 Å². The molecule has 86 valence electrons. The van der Waals surface area contributed by atoms with Crippen LogP contribution in [0.1, 0.15) is 5.69 Å². The van der Waals surface area contributed by atoms with Crippen molar-refractivity contribution in [3.05, 3.63) is 23.8 Å². The van der Waals surface area contributed by atoms with Crippen molar-refractivity contribution in [1.82, 2.24) is 4.98 Å². The zero-order valence-corrected chi connectivity index (χ0v) is 8.86. The second-order valence-corrected chi connectivity index (χ2v) is 3.59. The fourth-order valence-electron chi connectivity index (χ4n) is 1.68. The zero-order chi connectivity index (χ0) is 11.4. The Morgan fingerprint density at radius 2 is 2.25 bits per heavy atom. The highest BCUT2D eigenvalue weighted by atomic mass is 19.1. The molecule has 16 heavy (non-hydrogen) atoms. The highest BCUT2D eigenvalue weighted by Gasteiger charge is 2.13. The molecule has 1 aromatic heterocycles. The lowest BCUT2D eigenvalue weighted by molar-refractivity contribution is -0.107. The first-order valence-corrected chi connectivity index (χ1v) is 5.22. The number of pyridine rings is 1. The summed E-state index contributed by atoms with van der Waals surface area (Å²) >= 11 is 0. The van der Waals surface area contributed by atoms with Gasteiger partial charge in [-0.15, -0.1) is 0 Å². The van der Waals surface area contributed by atoms with Gasteiger partial charge in [0.1, 0.15) is 12.1 Å². The van der Waals surface area contributed by atoms with E-state index in [0.717, 1.165) is 18.8 Å². The fraction of sp³-hybridized carbons (Fsp3) is 0.455. The van der Waals surface area contributed by atoms with Crippen LogP contribution in [0, 0.1) is 5.82 Å². The number of anilines is 1. The molecule has 1 fully saturated rings. The normalized spacial score (nSPS) is 16.2. The van der Waals surface area contributed by atoms with Gasteiger partial charge >= 0.3 is 0 Å². The summed E-state index contributed by atoms with van der Waals surface area (Å²) in [7, 11) is 0. The van der Waals surface area contributed by atoms with Crippen LogP contribution in [0.3, 0.4) is 0 Å². The minimum atomic E-state index is -0.420. The van der Waals surface area contributed by atoms with Crippen molar-refractivity contribution in [2.75, 3.05) is 31.2 Å². The number of aldehydes is 1. The van der Waals surface area contributed by atoms with E-state index >= 15 is 0 Å². The standard InChI is InChI=1S/C11H13FN2O2/c12-10-7-9(8-13-11(10)1-4-15)14-2-5-16-6-3-14/h4,7-8H,1-3,5-6H2. The number of ether oxygens (including phenoxy) is 1. The summed E-state index contributed by atoms with van der Waals surface area (Å²) in [6.07, 6.45) is 2.28. The maximum atomic E-state index is 13.5. The lowest BCUT2D eigenvalue weighted by Gasteiger charge is -2.28.